The quantitative estimate of drug-likeness (QED) is 0.512. The van der Waals surface area contributed by atoms with E-state index in [9.17, 15) is 4.79 Å². The lowest BCUT2D eigenvalue weighted by molar-refractivity contribution is -0.135. The van der Waals surface area contributed by atoms with Gasteiger partial charge in [0.05, 0.1) is 31.7 Å². The van der Waals surface area contributed by atoms with Crippen LogP contribution in [0.15, 0.2) is 48.5 Å². The van der Waals surface area contributed by atoms with E-state index >= 15 is 0 Å². The number of aromatic nitrogens is 2. The topological polar surface area (TPSA) is 65.8 Å². The highest BCUT2D eigenvalue weighted by molar-refractivity contribution is 5.76. The Kier molecular flexibility index (Phi) is 7.29. The van der Waals surface area contributed by atoms with E-state index in [1.807, 2.05) is 65.0 Å². The summed E-state index contributed by atoms with van der Waals surface area (Å²) in [5.41, 5.74) is 3.82. The first kappa shape index (κ1) is 22.9. The van der Waals surface area contributed by atoms with E-state index in [1.54, 1.807) is 7.11 Å². The zero-order valence-corrected chi connectivity index (χ0v) is 19.5. The molecule has 0 unspecified atom stereocenters. The standard InChI is InChI=1S/C26H31N3O4/c1-4-23-22(13-14-25(30)28-15-17-32-18-16-28)26(33-24-8-6-5-7-19(24)2)29(27-23)20-9-11-21(31-3)12-10-20/h5-12H,4,13-18H2,1-3H3. The fraction of sp³-hybridized carbons (Fsp3) is 0.385. The third-order valence-corrected chi connectivity index (χ3v) is 5.92. The van der Waals surface area contributed by atoms with Crippen molar-refractivity contribution in [2.75, 3.05) is 33.4 Å². The van der Waals surface area contributed by atoms with Crippen LogP contribution in [0.25, 0.3) is 5.69 Å². The lowest BCUT2D eigenvalue weighted by atomic mass is 10.1. The number of hydrogen-bond donors (Lipinski definition) is 0. The number of morpholine rings is 1. The maximum Gasteiger partial charge on any atom is 0.226 e. The van der Waals surface area contributed by atoms with Crippen LogP contribution in [0.2, 0.25) is 0 Å². The lowest BCUT2D eigenvalue weighted by Crippen LogP contribution is -2.40. The molecule has 0 N–H and O–H groups in total. The van der Waals surface area contributed by atoms with Crippen molar-refractivity contribution >= 4 is 5.91 Å². The van der Waals surface area contributed by atoms with Crippen LogP contribution < -0.4 is 9.47 Å². The van der Waals surface area contributed by atoms with Gasteiger partial charge < -0.3 is 19.1 Å². The number of rotatable bonds is 8. The Balaban J connectivity index is 1.69. The van der Waals surface area contributed by atoms with Gasteiger partial charge in [0.2, 0.25) is 11.8 Å². The molecule has 1 fully saturated rings. The van der Waals surface area contributed by atoms with E-state index in [4.69, 9.17) is 19.3 Å². The largest absolute Gasteiger partial charge is 0.497 e. The average Bonchev–Trinajstić information content (AvgIpc) is 3.21. The molecule has 1 saturated heterocycles. The molecule has 0 bridgehead atoms. The van der Waals surface area contributed by atoms with Crippen molar-refractivity contribution in [3.8, 4) is 23.1 Å². The Hall–Kier alpha value is -3.32. The summed E-state index contributed by atoms with van der Waals surface area (Å²) in [5, 5.41) is 4.88. The van der Waals surface area contributed by atoms with Gasteiger partial charge >= 0.3 is 0 Å². The molecule has 0 saturated carbocycles. The lowest BCUT2D eigenvalue weighted by Gasteiger charge is -2.26. The van der Waals surface area contributed by atoms with Crippen LogP contribution in [-0.4, -0.2) is 54.0 Å². The molecule has 7 heteroatoms. The molecule has 1 aliphatic rings. The highest BCUT2D eigenvalue weighted by Gasteiger charge is 2.23. The molecule has 1 aliphatic heterocycles. The fourth-order valence-electron chi connectivity index (χ4n) is 3.99. The molecule has 0 aliphatic carbocycles. The summed E-state index contributed by atoms with van der Waals surface area (Å²) in [7, 11) is 1.65. The van der Waals surface area contributed by atoms with Crippen LogP contribution in [0.4, 0.5) is 0 Å². The molecule has 174 valence electrons. The van der Waals surface area contributed by atoms with E-state index < -0.39 is 0 Å². The van der Waals surface area contributed by atoms with Crippen LogP contribution in [-0.2, 0) is 22.4 Å². The maximum absolute atomic E-state index is 12.8. The van der Waals surface area contributed by atoms with Crippen molar-refractivity contribution in [1.82, 2.24) is 14.7 Å². The first-order chi connectivity index (χ1) is 16.1. The zero-order valence-electron chi connectivity index (χ0n) is 19.5. The highest BCUT2D eigenvalue weighted by Crippen LogP contribution is 2.34. The second-order valence-corrected chi connectivity index (χ2v) is 8.05. The van der Waals surface area contributed by atoms with Gasteiger partial charge in [-0.05, 0) is 55.7 Å². The van der Waals surface area contributed by atoms with Gasteiger partial charge in [-0.25, -0.2) is 4.68 Å². The molecule has 2 aromatic carbocycles. The number of methoxy groups -OCH3 is 1. The smallest absolute Gasteiger partial charge is 0.226 e. The van der Waals surface area contributed by atoms with Gasteiger partial charge in [0.1, 0.15) is 11.5 Å². The molecular formula is C26H31N3O4. The summed E-state index contributed by atoms with van der Waals surface area (Å²) >= 11 is 0. The van der Waals surface area contributed by atoms with Crippen LogP contribution in [0.1, 0.15) is 30.2 Å². The van der Waals surface area contributed by atoms with Gasteiger partial charge in [-0.1, -0.05) is 25.1 Å². The Morgan fingerprint density at radius 2 is 1.82 bits per heavy atom. The summed E-state index contributed by atoms with van der Waals surface area (Å²) in [6, 6.07) is 15.6. The Labute approximate surface area is 194 Å². The normalized spacial score (nSPS) is 13.7. The number of carbonyl (C=O) groups is 1. The fourth-order valence-corrected chi connectivity index (χ4v) is 3.99. The zero-order chi connectivity index (χ0) is 23.2. The van der Waals surface area contributed by atoms with Gasteiger partial charge in [0.25, 0.3) is 0 Å². The number of aryl methyl sites for hydroxylation is 2. The van der Waals surface area contributed by atoms with Gasteiger partial charge in [-0.3, -0.25) is 4.79 Å². The van der Waals surface area contributed by atoms with Crippen molar-refractivity contribution in [1.29, 1.82) is 0 Å². The molecule has 7 nitrogen and oxygen atoms in total. The van der Waals surface area contributed by atoms with E-state index in [1.165, 1.54) is 0 Å². The van der Waals surface area contributed by atoms with E-state index in [0.29, 0.717) is 45.0 Å². The summed E-state index contributed by atoms with van der Waals surface area (Å²) in [6.45, 7) is 6.59. The van der Waals surface area contributed by atoms with Gasteiger partial charge in [-0.15, -0.1) is 0 Å². The predicted octanol–water partition coefficient (Wildman–Crippen LogP) is 4.34. The van der Waals surface area contributed by atoms with E-state index in [-0.39, 0.29) is 5.91 Å². The summed E-state index contributed by atoms with van der Waals surface area (Å²) in [5.74, 6) is 2.34. The van der Waals surface area contributed by atoms with Crippen LogP contribution in [0, 0.1) is 6.92 Å². The highest BCUT2D eigenvalue weighted by atomic mass is 16.5. The molecule has 2 heterocycles. The van der Waals surface area contributed by atoms with Crippen molar-refractivity contribution in [2.45, 2.75) is 33.1 Å². The molecule has 0 radical (unpaired) electrons. The summed E-state index contributed by atoms with van der Waals surface area (Å²) in [4.78, 5) is 14.7. The predicted molar refractivity (Wildman–Crippen MR) is 126 cm³/mol. The molecule has 0 spiro atoms. The number of amides is 1. The molecular weight excluding hydrogens is 418 g/mol. The number of nitrogens with zero attached hydrogens (tertiary/aromatic N) is 3. The molecule has 0 atom stereocenters. The van der Waals surface area contributed by atoms with Crippen molar-refractivity contribution in [2.24, 2.45) is 0 Å². The number of benzene rings is 2. The maximum atomic E-state index is 12.8. The Bertz CT molecular complexity index is 1090. The van der Waals surface area contributed by atoms with E-state index in [2.05, 4.69) is 6.92 Å². The third kappa shape index (κ3) is 5.20. The molecule has 1 aromatic heterocycles. The number of hydrogen-bond acceptors (Lipinski definition) is 5. The number of para-hydroxylation sites is 1. The number of ether oxygens (including phenoxy) is 3. The van der Waals surface area contributed by atoms with Gasteiger partial charge in [0.15, 0.2) is 0 Å². The van der Waals surface area contributed by atoms with Crippen LogP contribution in [0.3, 0.4) is 0 Å². The minimum absolute atomic E-state index is 0.138. The Morgan fingerprint density at radius 3 is 2.48 bits per heavy atom. The first-order valence-corrected chi connectivity index (χ1v) is 11.4. The Morgan fingerprint density at radius 1 is 1.09 bits per heavy atom. The second-order valence-electron chi connectivity index (χ2n) is 8.05. The third-order valence-electron chi connectivity index (χ3n) is 5.92. The number of carbonyl (C=O) groups excluding carboxylic acids is 1. The second kappa shape index (κ2) is 10.5. The summed E-state index contributed by atoms with van der Waals surface area (Å²) < 4.78 is 19.0. The molecule has 3 aromatic rings. The minimum atomic E-state index is 0.138. The van der Waals surface area contributed by atoms with Crippen LogP contribution in [0.5, 0.6) is 17.4 Å². The van der Waals surface area contributed by atoms with Crippen molar-refractivity contribution < 1.29 is 19.0 Å². The van der Waals surface area contributed by atoms with Gasteiger partial charge in [-0.2, -0.15) is 5.10 Å². The van der Waals surface area contributed by atoms with Crippen LogP contribution >= 0.6 is 0 Å². The minimum Gasteiger partial charge on any atom is -0.497 e. The monoisotopic (exact) mass is 449 g/mol. The molecule has 1 amide bonds. The molecule has 33 heavy (non-hydrogen) atoms. The summed E-state index contributed by atoms with van der Waals surface area (Å²) in [6.07, 6.45) is 1.72. The van der Waals surface area contributed by atoms with E-state index in [0.717, 1.165) is 40.4 Å². The molecule has 4 rings (SSSR count). The first-order valence-electron chi connectivity index (χ1n) is 11.4. The van der Waals surface area contributed by atoms with Crippen molar-refractivity contribution in [3.05, 3.63) is 65.4 Å². The average molecular weight is 450 g/mol. The SMILES string of the molecule is CCc1nn(-c2ccc(OC)cc2)c(Oc2ccccc2C)c1CCC(=O)N1CCOCC1. The van der Waals surface area contributed by atoms with Crippen molar-refractivity contribution in [3.63, 3.8) is 0 Å². The van der Waals surface area contributed by atoms with Gasteiger partial charge in [0, 0.05) is 25.1 Å².